The molecule has 0 saturated heterocycles. The Bertz CT molecular complexity index is 1120. The van der Waals surface area contributed by atoms with Crippen LogP contribution in [0.1, 0.15) is 89.0 Å². The summed E-state index contributed by atoms with van der Waals surface area (Å²) in [5, 5.41) is 2.48. The Kier molecular flexibility index (Phi) is 10.6. The van der Waals surface area contributed by atoms with Gasteiger partial charge in [-0.3, -0.25) is 18.9 Å². The maximum atomic E-state index is 13.4. The first-order valence-electron chi connectivity index (χ1n) is 12.7. The van der Waals surface area contributed by atoms with Crippen molar-refractivity contribution in [3.63, 3.8) is 0 Å². The zero-order valence-electron chi connectivity index (χ0n) is 24.6. The minimum absolute atomic E-state index is 0.00226. The van der Waals surface area contributed by atoms with E-state index in [0.717, 1.165) is 0 Å². The number of hydrogen-bond acceptors (Lipinski definition) is 7. The summed E-state index contributed by atoms with van der Waals surface area (Å²) >= 11 is 0. The number of rotatable bonds is 12. The number of hydrogen-bond donors (Lipinski definition) is 2. The number of Topliss-reactive ketones (excluding diaryl/α,β-unsaturated/α-hetero) is 2. The van der Waals surface area contributed by atoms with Gasteiger partial charge < -0.3 is 14.8 Å². The van der Waals surface area contributed by atoms with Gasteiger partial charge in [-0.05, 0) is 60.1 Å². The van der Waals surface area contributed by atoms with Crippen molar-refractivity contribution in [1.29, 1.82) is 0 Å². The van der Waals surface area contributed by atoms with Crippen molar-refractivity contribution in [1.82, 2.24) is 0 Å². The molecule has 0 aliphatic heterocycles. The van der Waals surface area contributed by atoms with Gasteiger partial charge in [-0.15, -0.1) is 0 Å². The second-order valence-electron chi connectivity index (χ2n) is 12.7. The number of carbonyl (C=O) groups excluding carboxylic acids is 3. The number of ketones is 2. The Hall–Kier alpha value is -2.14. The molecule has 2 atom stereocenters. The van der Waals surface area contributed by atoms with Gasteiger partial charge in [-0.2, -0.15) is 8.42 Å². The van der Waals surface area contributed by atoms with Crippen LogP contribution in [-0.2, 0) is 34.0 Å². The van der Waals surface area contributed by atoms with E-state index in [4.69, 9.17) is 9.47 Å². The van der Waals surface area contributed by atoms with Gasteiger partial charge in [-0.1, -0.05) is 46.8 Å². The fraction of sp³-hybridized carbons (Fsp3) is 0.679. The predicted octanol–water partition coefficient (Wildman–Crippen LogP) is 5.23. The number of amides is 1. The number of para-hydroxylation sites is 1. The molecule has 0 fully saturated rings. The van der Waals surface area contributed by atoms with Gasteiger partial charge >= 0.3 is 0 Å². The van der Waals surface area contributed by atoms with E-state index in [-0.39, 0.29) is 30.1 Å². The van der Waals surface area contributed by atoms with E-state index in [1.54, 1.807) is 55.4 Å². The first kappa shape index (κ1) is 33.9. The minimum atomic E-state index is -4.55. The third kappa shape index (κ3) is 9.25. The Labute approximate surface area is 227 Å². The number of benzene rings is 1. The second-order valence-corrected chi connectivity index (χ2v) is 14.0. The van der Waals surface area contributed by atoms with E-state index >= 15 is 0 Å². The summed E-state index contributed by atoms with van der Waals surface area (Å²) in [5.41, 5.74) is -3.54. The van der Waals surface area contributed by atoms with Gasteiger partial charge in [0, 0.05) is 11.8 Å². The summed E-state index contributed by atoms with van der Waals surface area (Å²) in [6.07, 6.45) is -1.89. The number of nitrogens with one attached hydrogen (secondary N) is 1. The maximum Gasteiger partial charge on any atom is 0.296 e. The van der Waals surface area contributed by atoms with Crippen molar-refractivity contribution in [3.8, 4) is 0 Å². The summed E-state index contributed by atoms with van der Waals surface area (Å²) in [4.78, 5) is 39.0. The lowest BCUT2D eigenvalue weighted by molar-refractivity contribution is -0.181. The number of ether oxygens (including phenoxy) is 2. The molecule has 1 amide bonds. The molecular formula is C28H45NO8S. The highest BCUT2D eigenvalue weighted by Gasteiger charge is 2.49. The van der Waals surface area contributed by atoms with Crippen LogP contribution in [-0.4, -0.2) is 53.9 Å². The molecule has 0 heterocycles. The molecule has 9 nitrogen and oxygen atoms in total. The van der Waals surface area contributed by atoms with Gasteiger partial charge in [0.05, 0.1) is 22.3 Å². The van der Waals surface area contributed by atoms with Crippen LogP contribution in [0.3, 0.4) is 0 Å². The van der Waals surface area contributed by atoms with Gasteiger partial charge in [0.2, 0.25) is 5.91 Å². The first-order chi connectivity index (χ1) is 16.9. The van der Waals surface area contributed by atoms with Crippen LogP contribution in [0.25, 0.3) is 0 Å². The van der Waals surface area contributed by atoms with Gasteiger partial charge in [0.1, 0.15) is 17.1 Å². The lowest BCUT2D eigenvalue weighted by Gasteiger charge is -2.44. The molecule has 0 spiro atoms. The highest BCUT2D eigenvalue weighted by Crippen LogP contribution is 2.39. The zero-order valence-corrected chi connectivity index (χ0v) is 25.4. The van der Waals surface area contributed by atoms with Crippen LogP contribution < -0.4 is 5.32 Å². The Morgan fingerprint density at radius 3 is 1.89 bits per heavy atom. The van der Waals surface area contributed by atoms with Crippen LogP contribution in [0.2, 0.25) is 0 Å². The van der Waals surface area contributed by atoms with Crippen molar-refractivity contribution in [2.24, 2.45) is 10.8 Å². The maximum absolute atomic E-state index is 13.4. The first-order valence-corrected chi connectivity index (χ1v) is 14.1. The van der Waals surface area contributed by atoms with Crippen LogP contribution >= 0.6 is 0 Å². The summed E-state index contributed by atoms with van der Waals surface area (Å²) in [6.45, 7) is 19.5. The molecule has 0 radical (unpaired) electrons. The normalized spacial score (nSPS) is 15.1. The van der Waals surface area contributed by atoms with E-state index in [0.29, 0.717) is 0 Å². The highest BCUT2D eigenvalue weighted by atomic mass is 32.2. The molecule has 2 N–H and O–H groups in total. The molecule has 2 unspecified atom stereocenters. The number of anilines is 1. The molecule has 0 aromatic heterocycles. The zero-order chi connectivity index (χ0) is 29.9. The molecule has 0 bridgehead atoms. The molecule has 1 rings (SSSR count). The van der Waals surface area contributed by atoms with E-state index in [2.05, 4.69) is 5.32 Å². The molecule has 38 heavy (non-hydrogen) atoms. The average Bonchev–Trinajstić information content (AvgIpc) is 2.73. The minimum Gasteiger partial charge on any atom is -0.365 e. The van der Waals surface area contributed by atoms with Crippen LogP contribution in [0, 0.1) is 10.8 Å². The number of carbonyl (C=O) groups is 3. The van der Waals surface area contributed by atoms with E-state index in [9.17, 15) is 27.4 Å². The van der Waals surface area contributed by atoms with Gasteiger partial charge in [0.25, 0.3) is 10.1 Å². The van der Waals surface area contributed by atoms with Crippen molar-refractivity contribution >= 4 is 33.3 Å². The Morgan fingerprint density at radius 2 is 1.42 bits per heavy atom. The molecule has 0 aliphatic carbocycles. The fourth-order valence-corrected chi connectivity index (χ4v) is 4.54. The van der Waals surface area contributed by atoms with E-state index < -0.39 is 55.2 Å². The molecule has 216 valence electrons. The van der Waals surface area contributed by atoms with Crippen LogP contribution in [0.5, 0.6) is 0 Å². The predicted molar refractivity (Wildman–Crippen MR) is 147 cm³/mol. The van der Waals surface area contributed by atoms with Gasteiger partial charge in [-0.25, -0.2) is 0 Å². The third-order valence-electron chi connectivity index (χ3n) is 6.56. The molecular weight excluding hydrogens is 510 g/mol. The van der Waals surface area contributed by atoms with Crippen molar-refractivity contribution < 1.29 is 36.8 Å². The van der Waals surface area contributed by atoms with Crippen LogP contribution in [0.4, 0.5) is 5.69 Å². The van der Waals surface area contributed by atoms with E-state index in [1.807, 2.05) is 20.8 Å². The van der Waals surface area contributed by atoms with Crippen molar-refractivity contribution in [2.75, 3.05) is 5.32 Å². The summed E-state index contributed by atoms with van der Waals surface area (Å²) < 4.78 is 44.9. The van der Waals surface area contributed by atoms with Crippen molar-refractivity contribution in [3.05, 3.63) is 24.3 Å². The second kappa shape index (κ2) is 11.9. The summed E-state index contributed by atoms with van der Waals surface area (Å²) in [5.74, 6) is -0.977. The molecule has 10 heteroatoms. The Morgan fingerprint density at radius 1 is 0.895 bits per heavy atom. The lowest BCUT2D eigenvalue weighted by atomic mass is 9.71. The highest BCUT2D eigenvalue weighted by molar-refractivity contribution is 7.86. The Balaban J connectivity index is 3.16. The monoisotopic (exact) mass is 555 g/mol. The fourth-order valence-electron chi connectivity index (χ4n) is 3.89. The average molecular weight is 556 g/mol. The summed E-state index contributed by atoms with van der Waals surface area (Å²) in [7, 11) is -4.55. The van der Waals surface area contributed by atoms with Gasteiger partial charge in [0.15, 0.2) is 11.6 Å². The molecule has 0 saturated carbocycles. The SMILES string of the molecule is CC(OC(C)(C)C)C(=O)C(C)(C)C(C)(C)OC(CCC(=O)Nc1ccccc1S(=O)(=O)O)C(=O)C(C)(C)C. The lowest BCUT2D eigenvalue weighted by Crippen LogP contribution is -2.54. The smallest absolute Gasteiger partial charge is 0.296 e. The topological polar surface area (TPSA) is 136 Å². The quantitative estimate of drug-likeness (QED) is 0.335. The third-order valence-corrected chi connectivity index (χ3v) is 7.47. The standard InChI is InChI=1S/C28H45NO8S/c1-18(36-26(5,6)7)23(31)27(8,9)28(10,11)37-20(24(32)25(2,3)4)16-17-22(30)29-19-14-12-13-15-21(19)38(33,34)35/h12-15,18,20H,16-17H2,1-11H3,(H,29,30)(H,33,34,35). The summed E-state index contributed by atoms with van der Waals surface area (Å²) in [6, 6.07) is 5.47. The van der Waals surface area contributed by atoms with Crippen LogP contribution in [0.15, 0.2) is 29.2 Å². The van der Waals surface area contributed by atoms with Crippen molar-refractivity contribution in [2.45, 2.75) is 117 Å². The molecule has 0 aliphatic rings. The molecule has 1 aromatic carbocycles. The van der Waals surface area contributed by atoms with E-state index in [1.165, 1.54) is 24.3 Å². The largest absolute Gasteiger partial charge is 0.365 e. The molecule has 1 aromatic rings.